The minimum Gasteiger partial charge on any atom is -0.369 e. The average Bonchev–Trinajstić information content (AvgIpc) is 3.27. The summed E-state index contributed by atoms with van der Waals surface area (Å²) in [6.45, 7) is 0.461. The van der Waals surface area contributed by atoms with Gasteiger partial charge in [-0.05, 0) is 48.4 Å². The van der Waals surface area contributed by atoms with E-state index in [1.54, 1.807) is 12.1 Å². The van der Waals surface area contributed by atoms with Gasteiger partial charge in [0.05, 0.1) is 16.0 Å². The number of benzene rings is 3. The summed E-state index contributed by atoms with van der Waals surface area (Å²) >= 11 is 0. The Morgan fingerprint density at radius 1 is 0.973 bits per heavy atom. The molecule has 0 saturated heterocycles. The first kappa shape index (κ1) is 26.0. The number of para-hydroxylation sites is 1. The third kappa shape index (κ3) is 5.25. The lowest BCUT2D eigenvalue weighted by molar-refractivity contribution is -0.137. The summed E-state index contributed by atoms with van der Waals surface area (Å²) in [5.74, 6) is 0.523. The van der Waals surface area contributed by atoms with E-state index in [1.807, 2.05) is 24.3 Å². The van der Waals surface area contributed by atoms with Crippen LogP contribution in [0.5, 0.6) is 0 Å². The number of hydrogen-bond acceptors (Lipinski definition) is 6. The molecular formula is C25H23F3N6O2S. The van der Waals surface area contributed by atoms with Crippen LogP contribution < -0.4 is 10.5 Å². The highest BCUT2D eigenvalue weighted by Crippen LogP contribution is 2.33. The lowest BCUT2D eigenvalue weighted by Crippen LogP contribution is -2.12. The molecule has 37 heavy (non-hydrogen) atoms. The van der Waals surface area contributed by atoms with Crippen molar-refractivity contribution < 1.29 is 21.6 Å². The Morgan fingerprint density at radius 3 is 2.41 bits per heavy atom. The van der Waals surface area contributed by atoms with Crippen LogP contribution in [0.3, 0.4) is 0 Å². The molecule has 0 saturated carbocycles. The third-order valence-electron chi connectivity index (χ3n) is 5.67. The van der Waals surface area contributed by atoms with E-state index in [4.69, 9.17) is 5.14 Å². The fourth-order valence-electron chi connectivity index (χ4n) is 3.90. The SMILES string of the molecule is C.NS(=O)(=O)c1ccc(CCNc2nc3c(-c4cccc(C(F)(F)F)c4)nnn3c3ccccc23)cc1. The quantitative estimate of drug-likeness (QED) is 0.324. The van der Waals surface area contributed by atoms with Gasteiger partial charge in [0, 0.05) is 17.5 Å². The van der Waals surface area contributed by atoms with Crippen LogP contribution in [0.25, 0.3) is 27.8 Å². The summed E-state index contributed by atoms with van der Waals surface area (Å²) in [5.41, 5.74) is 1.59. The molecule has 0 aliphatic heterocycles. The zero-order chi connectivity index (χ0) is 25.5. The Labute approximate surface area is 211 Å². The van der Waals surface area contributed by atoms with Crippen molar-refractivity contribution in [3.8, 4) is 11.3 Å². The number of aromatic nitrogens is 4. The zero-order valence-corrected chi connectivity index (χ0v) is 19.4. The summed E-state index contributed by atoms with van der Waals surface area (Å²) in [7, 11) is -3.76. The van der Waals surface area contributed by atoms with E-state index in [1.165, 1.54) is 28.8 Å². The molecule has 12 heteroatoms. The lowest BCUT2D eigenvalue weighted by atomic mass is 10.1. The molecule has 0 amide bonds. The van der Waals surface area contributed by atoms with Crippen molar-refractivity contribution in [1.29, 1.82) is 0 Å². The number of fused-ring (bicyclic) bond motifs is 3. The molecule has 3 aromatic carbocycles. The molecular weight excluding hydrogens is 505 g/mol. The van der Waals surface area contributed by atoms with Gasteiger partial charge >= 0.3 is 6.18 Å². The normalized spacial score (nSPS) is 12.0. The second-order valence-electron chi connectivity index (χ2n) is 8.10. The molecule has 2 aromatic heterocycles. The van der Waals surface area contributed by atoms with Gasteiger partial charge in [0.25, 0.3) is 0 Å². The molecule has 0 unspecified atom stereocenters. The van der Waals surface area contributed by atoms with E-state index in [9.17, 15) is 21.6 Å². The van der Waals surface area contributed by atoms with E-state index >= 15 is 0 Å². The Hall–Kier alpha value is -4.03. The molecule has 8 nitrogen and oxygen atoms in total. The molecule has 3 N–H and O–H groups in total. The summed E-state index contributed by atoms with van der Waals surface area (Å²) < 4.78 is 64.1. The van der Waals surface area contributed by atoms with Crippen molar-refractivity contribution >= 4 is 32.4 Å². The highest BCUT2D eigenvalue weighted by atomic mass is 32.2. The minimum absolute atomic E-state index is 0. The zero-order valence-electron chi connectivity index (χ0n) is 18.6. The van der Waals surface area contributed by atoms with Crippen molar-refractivity contribution in [2.24, 2.45) is 5.14 Å². The van der Waals surface area contributed by atoms with Crippen LogP contribution in [0.15, 0.2) is 77.7 Å². The van der Waals surface area contributed by atoms with E-state index in [0.29, 0.717) is 29.9 Å². The summed E-state index contributed by atoms with van der Waals surface area (Å²) in [4.78, 5) is 4.69. The number of alkyl halides is 3. The van der Waals surface area contributed by atoms with Crippen LogP contribution in [0.1, 0.15) is 18.6 Å². The highest BCUT2D eigenvalue weighted by Gasteiger charge is 2.31. The van der Waals surface area contributed by atoms with Crippen molar-refractivity contribution in [2.75, 3.05) is 11.9 Å². The number of rotatable bonds is 6. The van der Waals surface area contributed by atoms with Crippen LogP contribution >= 0.6 is 0 Å². The summed E-state index contributed by atoms with van der Waals surface area (Å²) in [5, 5.41) is 17.5. The monoisotopic (exact) mass is 528 g/mol. The number of hydrogen-bond donors (Lipinski definition) is 2. The lowest BCUT2D eigenvalue weighted by Gasteiger charge is -2.11. The predicted molar refractivity (Wildman–Crippen MR) is 135 cm³/mol. The van der Waals surface area contributed by atoms with E-state index in [-0.39, 0.29) is 23.6 Å². The number of nitrogens with zero attached hydrogens (tertiary/aromatic N) is 4. The second kappa shape index (κ2) is 9.79. The van der Waals surface area contributed by atoms with Gasteiger partial charge in [-0.25, -0.2) is 18.5 Å². The van der Waals surface area contributed by atoms with Crippen LogP contribution in [0.2, 0.25) is 0 Å². The number of anilines is 1. The van der Waals surface area contributed by atoms with Gasteiger partial charge in [-0.1, -0.05) is 49.0 Å². The Kier molecular flexibility index (Phi) is 6.89. The molecule has 0 fully saturated rings. The second-order valence-corrected chi connectivity index (χ2v) is 9.66. The molecule has 192 valence electrons. The van der Waals surface area contributed by atoms with Gasteiger partial charge < -0.3 is 5.32 Å². The van der Waals surface area contributed by atoms with E-state index in [0.717, 1.165) is 23.1 Å². The first-order valence-corrected chi connectivity index (χ1v) is 12.3. The predicted octanol–water partition coefficient (Wildman–Crippen LogP) is 4.90. The van der Waals surface area contributed by atoms with Crippen molar-refractivity contribution in [3.05, 3.63) is 83.9 Å². The van der Waals surface area contributed by atoms with Gasteiger partial charge in [0.15, 0.2) is 5.65 Å². The molecule has 2 heterocycles. The fraction of sp³-hybridized carbons (Fsp3) is 0.160. The number of primary sulfonamides is 1. The van der Waals surface area contributed by atoms with Crippen LogP contribution in [0.4, 0.5) is 19.0 Å². The molecule has 0 aliphatic rings. The number of halogens is 3. The Morgan fingerprint density at radius 2 is 1.70 bits per heavy atom. The number of sulfonamides is 1. The standard InChI is InChI=1S/C24H19F3N6O2S.CH4/c25-24(26,27)17-5-3-4-16(14-17)21-23-30-22(19-6-1-2-7-20(19)33(23)32-31-21)29-13-12-15-8-10-18(11-9-15)36(28,34)35;/h1-11,14H,12-13H2,(H,29,30)(H2,28,34,35);1H4. The maximum absolute atomic E-state index is 13.3. The third-order valence-corrected chi connectivity index (χ3v) is 6.60. The first-order valence-electron chi connectivity index (χ1n) is 10.8. The smallest absolute Gasteiger partial charge is 0.369 e. The molecule has 5 aromatic rings. The molecule has 5 rings (SSSR count). The van der Waals surface area contributed by atoms with Crippen molar-refractivity contribution in [2.45, 2.75) is 24.9 Å². The largest absolute Gasteiger partial charge is 0.416 e. The van der Waals surface area contributed by atoms with Gasteiger partial charge in [0.1, 0.15) is 11.5 Å². The Bertz CT molecular complexity index is 1680. The van der Waals surface area contributed by atoms with Gasteiger partial charge in [-0.15, -0.1) is 5.10 Å². The summed E-state index contributed by atoms with van der Waals surface area (Å²) in [6.07, 6.45) is -3.93. The van der Waals surface area contributed by atoms with Crippen LogP contribution in [-0.4, -0.2) is 34.8 Å². The van der Waals surface area contributed by atoms with E-state index < -0.39 is 21.8 Å². The first-order chi connectivity index (χ1) is 17.1. The number of nitrogens with one attached hydrogen (secondary N) is 1. The summed E-state index contributed by atoms with van der Waals surface area (Å²) in [6, 6.07) is 18.5. The average molecular weight is 529 g/mol. The molecule has 0 atom stereocenters. The fourth-order valence-corrected chi connectivity index (χ4v) is 4.42. The van der Waals surface area contributed by atoms with Crippen LogP contribution in [0, 0.1) is 0 Å². The molecule has 0 radical (unpaired) electrons. The van der Waals surface area contributed by atoms with Gasteiger partial charge in [-0.3, -0.25) is 0 Å². The van der Waals surface area contributed by atoms with E-state index in [2.05, 4.69) is 20.6 Å². The maximum Gasteiger partial charge on any atom is 0.416 e. The Balaban J connectivity index is 0.00000320. The van der Waals surface area contributed by atoms with Gasteiger partial charge in [0.2, 0.25) is 10.0 Å². The topological polar surface area (TPSA) is 115 Å². The molecule has 0 spiro atoms. The van der Waals surface area contributed by atoms with Crippen molar-refractivity contribution in [1.82, 2.24) is 19.8 Å². The van der Waals surface area contributed by atoms with Gasteiger partial charge in [-0.2, -0.15) is 17.7 Å². The highest BCUT2D eigenvalue weighted by molar-refractivity contribution is 7.89. The minimum atomic E-state index is -4.49. The number of nitrogens with two attached hydrogens (primary N) is 1. The maximum atomic E-state index is 13.3. The molecule has 0 aliphatic carbocycles. The molecule has 0 bridgehead atoms. The van der Waals surface area contributed by atoms with Crippen LogP contribution in [-0.2, 0) is 22.6 Å². The van der Waals surface area contributed by atoms with Crippen molar-refractivity contribution in [3.63, 3.8) is 0 Å².